The van der Waals surface area contributed by atoms with Gasteiger partial charge in [-0.05, 0) is 32.9 Å². The summed E-state index contributed by atoms with van der Waals surface area (Å²) in [6.07, 6.45) is 4.24. The normalized spacial score (nSPS) is 15.5. The van der Waals surface area contributed by atoms with E-state index in [0.717, 1.165) is 24.7 Å². The summed E-state index contributed by atoms with van der Waals surface area (Å²) in [5.41, 5.74) is 8.02. The van der Waals surface area contributed by atoms with E-state index in [4.69, 9.17) is 11.6 Å². The maximum Gasteiger partial charge on any atom is 0.0671 e. The van der Waals surface area contributed by atoms with Crippen LogP contribution in [-0.4, -0.2) is 40.6 Å². The minimum atomic E-state index is -0.416. The Morgan fingerprint density at radius 3 is 2.35 bits per heavy atom. The third kappa shape index (κ3) is 6.92. The molecule has 0 saturated heterocycles. The van der Waals surface area contributed by atoms with Crippen molar-refractivity contribution in [1.82, 2.24) is 15.6 Å². The molecule has 17 heavy (non-hydrogen) atoms. The van der Waals surface area contributed by atoms with Crippen molar-refractivity contribution < 1.29 is 5.21 Å². The van der Waals surface area contributed by atoms with Crippen LogP contribution in [0.15, 0.2) is 0 Å². The van der Waals surface area contributed by atoms with E-state index in [9.17, 15) is 5.21 Å². The van der Waals surface area contributed by atoms with Gasteiger partial charge in [0.15, 0.2) is 0 Å². The Kier molecular flexibility index (Phi) is 8.67. The van der Waals surface area contributed by atoms with Crippen molar-refractivity contribution in [1.29, 1.82) is 0 Å². The topological polar surface area (TPSA) is 90.8 Å². The van der Waals surface area contributed by atoms with E-state index >= 15 is 0 Å². The van der Waals surface area contributed by atoms with E-state index in [1.807, 2.05) is 6.92 Å². The molecule has 0 spiro atoms. The summed E-state index contributed by atoms with van der Waals surface area (Å²) < 4.78 is 0. The average molecular weight is 247 g/mol. The molecule has 0 amide bonds. The fraction of sp³-hybridized carbons (Fsp3) is 1.00. The van der Waals surface area contributed by atoms with Crippen molar-refractivity contribution >= 4 is 0 Å². The van der Waals surface area contributed by atoms with Gasteiger partial charge in [0.2, 0.25) is 0 Å². The highest BCUT2D eigenvalue weighted by atomic mass is 16.5. The standard InChI is InChI=1S/C11H29N5O/c1-4-6-7-9-15(5-2)11(3,12)8-10-16(17)14-13/h14,17H,4-10,12-13H2,1-3H3. The molecule has 0 aromatic heterocycles. The van der Waals surface area contributed by atoms with E-state index in [2.05, 4.69) is 24.3 Å². The van der Waals surface area contributed by atoms with E-state index < -0.39 is 5.66 Å². The zero-order chi connectivity index (χ0) is 13.3. The molecular formula is C11H29N5O. The second-order valence-electron chi connectivity index (χ2n) is 4.65. The summed E-state index contributed by atoms with van der Waals surface area (Å²) in [7, 11) is 0. The number of rotatable bonds is 10. The predicted molar refractivity (Wildman–Crippen MR) is 69.8 cm³/mol. The van der Waals surface area contributed by atoms with Gasteiger partial charge in [-0.3, -0.25) is 15.9 Å². The van der Waals surface area contributed by atoms with Crippen molar-refractivity contribution in [3.63, 3.8) is 0 Å². The van der Waals surface area contributed by atoms with Gasteiger partial charge in [-0.25, -0.2) is 0 Å². The Balaban J connectivity index is 4.11. The molecule has 0 rings (SSSR count). The zero-order valence-electron chi connectivity index (χ0n) is 11.4. The molecular weight excluding hydrogens is 218 g/mol. The first-order chi connectivity index (χ1) is 7.97. The molecule has 1 atom stereocenters. The number of hydrogen-bond acceptors (Lipinski definition) is 6. The van der Waals surface area contributed by atoms with Crippen molar-refractivity contribution in [2.45, 2.75) is 52.1 Å². The Morgan fingerprint density at radius 1 is 1.24 bits per heavy atom. The van der Waals surface area contributed by atoms with Gasteiger partial charge in [0.05, 0.1) is 5.66 Å². The van der Waals surface area contributed by atoms with Crippen LogP contribution in [0, 0.1) is 0 Å². The van der Waals surface area contributed by atoms with Crippen molar-refractivity contribution in [2.24, 2.45) is 11.6 Å². The number of hydrazine groups is 2. The summed E-state index contributed by atoms with van der Waals surface area (Å²) in [5, 5.41) is 10.1. The van der Waals surface area contributed by atoms with E-state index in [1.165, 1.54) is 12.8 Å². The monoisotopic (exact) mass is 247 g/mol. The highest BCUT2D eigenvalue weighted by Gasteiger charge is 2.25. The van der Waals surface area contributed by atoms with Gasteiger partial charge in [-0.1, -0.05) is 26.7 Å². The SMILES string of the molecule is CCCCCN(CC)C(C)(N)CCN(O)NN. The Morgan fingerprint density at radius 2 is 1.88 bits per heavy atom. The molecule has 0 heterocycles. The van der Waals surface area contributed by atoms with Crippen LogP contribution in [0.5, 0.6) is 0 Å². The lowest BCUT2D eigenvalue weighted by Gasteiger charge is -2.38. The lowest BCUT2D eigenvalue weighted by Crippen LogP contribution is -2.56. The molecule has 0 aliphatic carbocycles. The minimum Gasteiger partial charge on any atom is -0.313 e. The van der Waals surface area contributed by atoms with Gasteiger partial charge in [0.1, 0.15) is 0 Å². The second-order valence-corrected chi connectivity index (χ2v) is 4.65. The van der Waals surface area contributed by atoms with Gasteiger partial charge in [0, 0.05) is 6.54 Å². The molecule has 104 valence electrons. The number of hydroxylamine groups is 1. The summed E-state index contributed by atoms with van der Waals surface area (Å²) in [4.78, 5) is 2.24. The van der Waals surface area contributed by atoms with E-state index in [-0.39, 0.29) is 0 Å². The van der Waals surface area contributed by atoms with Crippen molar-refractivity contribution in [3.05, 3.63) is 0 Å². The number of nitrogens with zero attached hydrogens (tertiary/aromatic N) is 2. The maximum absolute atomic E-state index is 9.21. The van der Waals surface area contributed by atoms with Gasteiger partial charge in [-0.2, -0.15) is 5.53 Å². The Bertz CT molecular complexity index is 189. The first kappa shape index (κ1) is 16.8. The molecule has 0 radical (unpaired) electrons. The lowest BCUT2D eigenvalue weighted by atomic mass is 10.1. The second kappa shape index (κ2) is 8.79. The van der Waals surface area contributed by atoms with Crippen LogP contribution in [0.3, 0.4) is 0 Å². The van der Waals surface area contributed by atoms with Crippen molar-refractivity contribution in [2.75, 3.05) is 19.6 Å². The van der Waals surface area contributed by atoms with Crippen molar-refractivity contribution in [3.8, 4) is 0 Å². The van der Waals surface area contributed by atoms with E-state index in [1.54, 1.807) is 0 Å². The average Bonchev–Trinajstić information content (AvgIpc) is 2.31. The van der Waals surface area contributed by atoms with Gasteiger partial charge in [-0.15, -0.1) is 5.17 Å². The lowest BCUT2D eigenvalue weighted by molar-refractivity contribution is -0.144. The third-order valence-electron chi connectivity index (χ3n) is 3.11. The smallest absolute Gasteiger partial charge is 0.0671 e. The van der Waals surface area contributed by atoms with Crippen LogP contribution in [0.1, 0.15) is 46.5 Å². The van der Waals surface area contributed by atoms with Crippen LogP contribution < -0.4 is 17.1 Å². The molecule has 0 bridgehead atoms. The first-order valence-corrected chi connectivity index (χ1v) is 6.44. The third-order valence-corrected chi connectivity index (χ3v) is 3.11. The van der Waals surface area contributed by atoms with Gasteiger partial charge in [0.25, 0.3) is 0 Å². The molecule has 6 N–H and O–H groups in total. The Hall–Kier alpha value is -0.240. The predicted octanol–water partition coefficient (Wildman–Crippen LogP) is 0.633. The fourth-order valence-electron chi connectivity index (χ4n) is 1.88. The maximum atomic E-state index is 9.21. The number of unbranched alkanes of at least 4 members (excludes halogenated alkanes) is 2. The molecule has 6 nitrogen and oxygen atoms in total. The molecule has 0 aromatic carbocycles. The molecule has 0 saturated carbocycles. The molecule has 0 aliphatic heterocycles. The number of nitrogens with two attached hydrogens (primary N) is 2. The molecule has 1 unspecified atom stereocenters. The highest BCUT2D eigenvalue weighted by Crippen LogP contribution is 2.14. The Labute approximate surface area is 105 Å². The van der Waals surface area contributed by atoms with Gasteiger partial charge >= 0.3 is 0 Å². The molecule has 0 fully saturated rings. The summed E-state index contributed by atoms with van der Waals surface area (Å²) in [6, 6.07) is 0. The van der Waals surface area contributed by atoms with E-state index in [0.29, 0.717) is 13.0 Å². The first-order valence-electron chi connectivity index (χ1n) is 6.44. The largest absolute Gasteiger partial charge is 0.313 e. The van der Waals surface area contributed by atoms with Crippen LogP contribution in [0.25, 0.3) is 0 Å². The fourth-order valence-corrected chi connectivity index (χ4v) is 1.88. The number of nitrogens with one attached hydrogen (secondary N) is 1. The summed E-state index contributed by atoms with van der Waals surface area (Å²) in [5.74, 6) is 5.08. The zero-order valence-corrected chi connectivity index (χ0v) is 11.4. The molecule has 0 aromatic rings. The van der Waals surface area contributed by atoms with Gasteiger partial charge < -0.3 is 5.73 Å². The minimum absolute atomic E-state index is 0.397. The summed E-state index contributed by atoms with van der Waals surface area (Å²) in [6.45, 7) is 8.60. The van der Waals surface area contributed by atoms with Crippen LogP contribution in [0.4, 0.5) is 0 Å². The van der Waals surface area contributed by atoms with Crippen LogP contribution >= 0.6 is 0 Å². The highest BCUT2D eigenvalue weighted by molar-refractivity contribution is 4.79. The molecule has 0 aliphatic rings. The summed E-state index contributed by atoms with van der Waals surface area (Å²) >= 11 is 0. The quantitative estimate of drug-likeness (QED) is 0.196. The van der Waals surface area contributed by atoms with Crippen LogP contribution in [-0.2, 0) is 0 Å². The van der Waals surface area contributed by atoms with Crippen LogP contribution in [0.2, 0.25) is 0 Å². The molecule has 6 heteroatoms. The number of hydrogen-bond donors (Lipinski definition) is 4.